The van der Waals surface area contributed by atoms with Crippen LogP contribution in [0.2, 0.25) is 0 Å². The number of aromatic hydroxyl groups is 1. The first-order valence-corrected chi connectivity index (χ1v) is 12.0. The molecule has 1 heterocycles. The number of amides is 2. The predicted octanol–water partition coefficient (Wildman–Crippen LogP) is -0.968. The maximum Gasteiger partial charge on any atom is 0.475 e. The van der Waals surface area contributed by atoms with Crippen LogP contribution in [-0.2, 0) is 20.8 Å². The number of nitrogens with two attached hydrogens (primary N) is 2. The Kier molecular flexibility index (Phi) is 11.4. The van der Waals surface area contributed by atoms with Gasteiger partial charge in [0.2, 0.25) is 5.91 Å². The van der Waals surface area contributed by atoms with E-state index in [9.17, 15) is 34.6 Å². The number of nitrogens with one attached hydrogen (secondary N) is 2. The lowest BCUT2D eigenvalue weighted by Gasteiger charge is -2.19. The van der Waals surface area contributed by atoms with Crippen molar-refractivity contribution < 1.29 is 39.5 Å². The van der Waals surface area contributed by atoms with Crippen LogP contribution in [0.1, 0.15) is 40.9 Å². The minimum absolute atomic E-state index is 0.0262. The topological polar surface area (TPSA) is 243 Å². The molecule has 1 aromatic carbocycles. The molecule has 1 unspecified atom stereocenters. The average Bonchev–Trinajstić information content (AvgIpc) is 3.30. The number of para-hydroxylation sites is 1. The second kappa shape index (κ2) is 14.2. The zero-order valence-corrected chi connectivity index (χ0v) is 20.8. The van der Waals surface area contributed by atoms with Gasteiger partial charge in [-0.25, -0.2) is 9.78 Å². The van der Waals surface area contributed by atoms with Crippen LogP contribution in [0.5, 0.6) is 5.75 Å². The lowest BCUT2D eigenvalue weighted by Crippen LogP contribution is -2.50. The van der Waals surface area contributed by atoms with Crippen molar-refractivity contribution in [1.29, 1.82) is 0 Å². The fraction of sp³-hybridized carbons (Fsp3) is 0.381. The smallest absolute Gasteiger partial charge is 0.475 e. The number of nitrogens with zero attached hydrogens (tertiary/aromatic N) is 2. The van der Waals surface area contributed by atoms with Gasteiger partial charge in [-0.2, -0.15) is 0 Å². The molecule has 10 N–H and O–H groups in total. The van der Waals surface area contributed by atoms with E-state index < -0.39 is 42.6 Å². The SMILES string of the molecule is CO/N=C(\C(=O)N[C@@H](Cc1cccc(C(=O)O)c1O)B(O)O)c1csc(NC(=O)C(N)CCCCN)n1. The molecule has 2 atom stereocenters. The molecule has 14 nitrogen and oxygen atoms in total. The van der Waals surface area contributed by atoms with Crippen molar-refractivity contribution in [2.45, 2.75) is 37.7 Å². The maximum atomic E-state index is 12.9. The van der Waals surface area contributed by atoms with Gasteiger partial charge in [0.25, 0.3) is 5.91 Å². The quantitative estimate of drug-likeness (QED) is 0.0632. The molecule has 0 radical (unpaired) electrons. The predicted molar refractivity (Wildman–Crippen MR) is 136 cm³/mol. The second-order valence-electron chi connectivity index (χ2n) is 7.86. The van der Waals surface area contributed by atoms with Crippen LogP contribution in [-0.4, -0.2) is 81.5 Å². The van der Waals surface area contributed by atoms with Gasteiger partial charge in [0, 0.05) is 5.38 Å². The van der Waals surface area contributed by atoms with E-state index in [0.29, 0.717) is 19.4 Å². The number of unbranched alkanes of at least 4 members (excludes halogenated alkanes) is 1. The number of anilines is 1. The molecule has 2 aromatic rings. The molecule has 200 valence electrons. The summed E-state index contributed by atoms with van der Waals surface area (Å²) >= 11 is 1.01. The van der Waals surface area contributed by atoms with Crippen LogP contribution >= 0.6 is 11.3 Å². The molecule has 0 aliphatic heterocycles. The van der Waals surface area contributed by atoms with E-state index in [4.69, 9.17) is 16.3 Å². The van der Waals surface area contributed by atoms with Crippen molar-refractivity contribution in [3.63, 3.8) is 0 Å². The number of oxime groups is 1. The van der Waals surface area contributed by atoms with E-state index in [-0.39, 0.29) is 34.1 Å². The molecule has 2 rings (SSSR count). The van der Waals surface area contributed by atoms with E-state index in [1.807, 2.05) is 0 Å². The number of thiazole rings is 1. The molecule has 2 amide bonds. The fourth-order valence-electron chi connectivity index (χ4n) is 3.21. The number of carboxylic acid groups (broad SMARTS) is 1. The number of carbonyl (C=O) groups excluding carboxylic acids is 2. The third kappa shape index (κ3) is 8.50. The van der Waals surface area contributed by atoms with Crippen molar-refractivity contribution in [3.8, 4) is 5.75 Å². The number of hydrogen-bond donors (Lipinski definition) is 8. The van der Waals surface area contributed by atoms with E-state index in [2.05, 4.69) is 20.8 Å². The summed E-state index contributed by atoms with van der Waals surface area (Å²) in [6.45, 7) is 0.498. The zero-order chi connectivity index (χ0) is 27.5. The highest BCUT2D eigenvalue weighted by Gasteiger charge is 2.30. The minimum Gasteiger partial charge on any atom is -0.507 e. The van der Waals surface area contributed by atoms with Gasteiger partial charge >= 0.3 is 13.1 Å². The Hall–Kier alpha value is -3.57. The monoisotopic (exact) mass is 536 g/mol. The fourth-order valence-corrected chi connectivity index (χ4v) is 3.90. The van der Waals surface area contributed by atoms with Crippen molar-refractivity contribution in [2.75, 3.05) is 19.0 Å². The Morgan fingerprint density at radius 2 is 2.00 bits per heavy atom. The van der Waals surface area contributed by atoms with Gasteiger partial charge in [-0.3, -0.25) is 9.59 Å². The Bertz CT molecular complexity index is 1130. The first kappa shape index (κ1) is 29.7. The van der Waals surface area contributed by atoms with Crippen LogP contribution in [0.4, 0.5) is 5.13 Å². The third-order valence-electron chi connectivity index (χ3n) is 5.15. The zero-order valence-electron chi connectivity index (χ0n) is 20.0. The summed E-state index contributed by atoms with van der Waals surface area (Å²) in [6, 6.07) is 3.16. The number of hydrogen-bond acceptors (Lipinski definition) is 12. The second-order valence-corrected chi connectivity index (χ2v) is 8.71. The molecule has 0 saturated heterocycles. The number of rotatable bonds is 14. The highest BCUT2D eigenvalue weighted by Crippen LogP contribution is 2.24. The molecule has 0 aliphatic rings. The Morgan fingerprint density at radius 3 is 2.62 bits per heavy atom. The van der Waals surface area contributed by atoms with Gasteiger partial charge in [-0.1, -0.05) is 23.7 Å². The molecule has 1 aromatic heterocycles. The normalized spacial score (nSPS) is 12.9. The number of carboxylic acids is 1. The Morgan fingerprint density at radius 1 is 1.27 bits per heavy atom. The molecule has 16 heteroatoms. The van der Waals surface area contributed by atoms with Crippen molar-refractivity contribution >= 4 is 47.1 Å². The molecule has 0 aliphatic carbocycles. The van der Waals surface area contributed by atoms with E-state index in [1.54, 1.807) is 0 Å². The van der Waals surface area contributed by atoms with Gasteiger partial charge in [0.1, 0.15) is 24.1 Å². The first-order chi connectivity index (χ1) is 17.6. The summed E-state index contributed by atoms with van der Waals surface area (Å²) in [6.07, 6.45) is 1.55. The van der Waals surface area contributed by atoms with E-state index in [0.717, 1.165) is 17.8 Å². The first-order valence-electron chi connectivity index (χ1n) is 11.1. The van der Waals surface area contributed by atoms with Crippen LogP contribution < -0.4 is 22.1 Å². The van der Waals surface area contributed by atoms with Crippen molar-refractivity contribution in [1.82, 2.24) is 10.3 Å². The third-order valence-corrected chi connectivity index (χ3v) is 5.90. The molecule has 0 fully saturated rings. The standard InChI is InChI=1S/C21H29BN6O8S/c1-36-28-16(14-10-37-21(25-14)27-18(30)13(24)7-2-3-8-23)19(31)26-15(22(34)35)9-11-5-4-6-12(17(11)29)20(32)33/h4-6,10,13,15,29,34-35H,2-3,7-9,23-24H2,1H3,(H,26,31)(H,32,33)(H,25,27,30)/b28-16-/t13?,15-/m0/s1. The Labute approximate surface area is 216 Å². The summed E-state index contributed by atoms with van der Waals surface area (Å²) in [5.74, 6) is -4.67. The summed E-state index contributed by atoms with van der Waals surface area (Å²) in [4.78, 5) is 45.4. The lowest BCUT2D eigenvalue weighted by atomic mass is 9.75. The van der Waals surface area contributed by atoms with Gasteiger partial charge in [-0.15, -0.1) is 11.3 Å². The number of aromatic nitrogens is 1. The van der Waals surface area contributed by atoms with Crippen LogP contribution in [0.25, 0.3) is 0 Å². The van der Waals surface area contributed by atoms with Crippen LogP contribution in [0.3, 0.4) is 0 Å². The van der Waals surface area contributed by atoms with Gasteiger partial charge in [0.05, 0.1) is 12.0 Å². The molecule has 0 bridgehead atoms. The van der Waals surface area contributed by atoms with Gasteiger partial charge in [0.15, 0.2) is 10.8 Å². The minimum atomic E-state index is -2.08. The lowest BCUT2D eigenvalue weighted by molar-refractivity contribution is -0.117. The van der Waals surface area contributed by atoms with E-state index >= 15 is 0 Å². The Balaban J connectivity index is 2.15. The van der Waals surface area contributed by atoms with Gasteiger partial charge < -0.3 is 47.2 Å². The van der Waals surface area contributed by atoms with Gasteiger partial charge in [-0.05, 0) is 37.4 Å². The highest BCUT2D eigenvalue weighted by molar-refractivity contribution is 7.14. The van der Waals surface area contributed by atoms with Crippen LogP contribution in [0.15, 0.2) is 28.7 Å². The maximum absolute atomic E-state index is 12.9. The summed E-state index contributed by atoms with van der Waals surface area (Å²) < 4.78 is 0. The number of carbonyl (C=O) groups is 3. The number of benzene rings is 1. The molecule has 0 saturated carbocycles. The number of phenols is 1. The van der Waals surface area contributed by atoms with Crippen molar-refractivity contribution in [3.05, 3.63) is 40.4 Å². The molecular weight excluding hydrogens is 507 g/mol. The average molecular weight is 536 g/mol. The summed E-state index contributed by atoms with van der Waals surface area (Å²) in [7, 11) is -0.886. The van der Waals surface area contributed by atoms with Crippen LogP contribution in [0, 0.1) is 0 Å². The molecule has 37 heavy (non-hydrogen) atoms. The largest absolute Gasteiger partial charge is 0.507 e. The number of aromatic carboxylic acids is 1. The summed E-state index contributed by atoms with van der Waals surface area (Å²) in [5.41, 5.74) is 10.7. The molecule has 0 spiro atoms. The highest BCUT2D eigenvalue weighted by atomic mass is 32.1. The molecular formula is C21H29BN6O8S. The summed E-state index contributed by atoms with van der Waals surface area (Å²) in [5, 5.41) is 49.1. The van der Waals surface area contributed by atoms with E-state index in [1.165, 1.54) is 30.7 Å². The van der Waals surface area contributed by atoms with Crippen molar-refractivity contribution in [2.24, 2.45) is 16.6 Å².